The van der Waals surface area contributed by atoms with E-state index in [1.54, 1.807) is 44.2 Å². The first-order valence-electron chi connectivity index (χ1n) is 7.53. The number of anilines is 1. The van der Waals surface area contributed by atoms with E-state index in [2.05, 4.69) is 10.5 Å². The Labute approximate surface area is 144 Å². The molecule has 2 aromatic heterocycles. The Morgan fingerprint density at radius 3 is 2.75 bits per heavy atom. The van der Waals surface area contributed by atoms with Crippen LogP contribution in [0.2, 0.25) is 0 Å². The number of carbonyl (C=O) groups excluding carboxylic acids is 2. The number of aromatic nitrogens is 1. The Bertz CT molecular complexity index is 683. The summed E-state index contributed by atoms with van der Waals surface area (Å²) in [7, 11) is 1.72. The molecule has 0 aliphatic carbocycles. The third kappa shape index (κ3) is 4.64. The van der Waals surface area contributed by atoms with Crippen molar-refractivity contribution in [2.24, 2.45) is 0 Å². The number of furan rings is 1. The predicted octanol–water partition coefficient (Wildman–Crippen LogP) is 2.86. The molecule has 7 nitrogen and oxygen atoms in total. The van der Waals surface area contributed by atoms with Crippen molar-refractivity contribution in [1.82, 2.24) is 10.1 Å². The van der Waals surface area contributed by atoms with E-state index in [-0.39, 0.29) is 23.6 Å². The molecule has 2 atom stereocenters. The van der Waals surface area contributed by atoms with Gasteiger partial charge in [0, 0.05) is 13.1 Å². The van der Waals surface area contributed by atoms with Crippen molar-refractivity contribution < 1.29 is 18.5 Å². The number of hydrogen-bond donors (Lipinski definition) is 1. The first-order valence-corrected chi connectivity index (χ1v) is 8.58. The Balaban J connectivity index is 1.80. The van der Waals surface area contributed by atoms with Gasteiger partial charge in [-0.05, 0) is 32.9 Å². The van der Waals surface area contributed by atoms with Crippen molar-refractivity contribution in [1.29, 1.82) is 0 Å². The molecule has 0 aliphatic heterocycles. The molecule has 0 saturated carbocycles. The second kappa shape index (κ2) is 8.05. The second-order valence-electron chi connectivity index (χ2n) is 5.46. The molecule has 8 heteroatoms. The Kier molecular flexibility index (Phi) is 6.08. The highest BCUT2D eigenvalue weighted by Gasteiger charge is 2.22. The van der Waals surface area contributed by atoms with Crippen LogP contribution in [0.3, 0.4) is 0 Å². The van der Waals surface area contributed by atoms with Gasteiger partial charge in [0.2, 0.25) is 11.8 Å². The molecule has 2 rings (SSSR count). The largest absolute Gasteiger partial charge is 0.467 e. The molecule has 0 spiro atoms. The van der Waals surface area contributed by atoms with Crippen molar-refractivity contribution in [2.45, 2.75) is 32.1 Å². The molecule has 0 aliphatic rings. The molecule has 0 aromatic carbocycles. The zero-order valence-corrected chi connectivity index (χ0v) is 14.9. The van der Waals surface area contributed by atoms with E-state index in [0.717, 1.165) is 5.76 Å². The molecule has 24 heavy (non-hydrogen) atoms. The Morgan fingerprint density at radius 1 is 1.42 bits per heavy atom. The topological polar surface area (TPSA) is 88.6 Å². The van der Waals surface area contributed by atoms with Gasteiger partial charge < -0.3 is 19.2 Å². The van der Waals surface area contributed by atoms with Crippen LogP contribution in [0, 0.1) is 6.92 Å². The number of nitrogens with one attached hydrogen (secondary N) is 1. The zero-order valence-electron chi connectivity index (χ0n) is 14.1. The molecular formula is C16H21N3O4S. The van der Waals surface area contributed by atoms with Crippen LogP contribution in [0.15, 0.2) is 33.4 Å². The average Bonchev–Trinajstić information content (AvgIpc) is 3.22. The molecular weight excluding hydrogens is 330 g/mol. The van der Waals surface area contributed by atoms with Crippen LogP contribution in [0.1, 0.15) is 31.4 Å². The number of rotatable bonds is 7. The molecule has 2 unspecified atom stereocenters. The van der Waals surface area contributed by atoms with Crippen LogP contribution in [0.4, 0.5) is 5.82 Å². The Hall–Kier alpha value is -2.22. The van der Waals surface area contributed by atoms with Crippen LogP contribution < -0.4 is 5.32 Å². The highest BCUT2D eigenvalue weighted by atomic mass is 32.2. The van der Waals surface area contributed by atoms with Crippen LogP contribution in [0.25, 0.3) is 0 Å². The van der Waals surface area contributed by atoms with Gasteiger partial charge in [0.05, 0.1) is 23.3 Å². The van der Waals surface area contributed by atoms with Crippen molar-refractivity contribution in [3.8, 4) is 0 Å². The van der Waals surface area contributed by atoms with Gasteiger partial charge in [0.1, 0.15) is 11.5 Å². The highest BCUT2D eigenvalue weighted by Crippen LogP contribution is 2.21. The summed E-state index contributed by atoms with van der Waals surface area (Å²) in [4.78, 5) is 26.0. The van der Waals surface area contributed by atoms with Gasteiger partial charge in [-0.2, -0.15) is 0 Å². The smallest absolute Gasteiger partial charge is 0.238 e. The molecule has 2 aromatic rings. The van der Waals surface area contributed by atoms with Crippen molar-refractivity contribution in [3.63, 3.8) is 0 Å². The maximum absolute atomic E-state index is 12.3. The minimum Gasteiger partial charge on any atom is -0.467 e. The van der Waals surface area contributed by atoms with Gasteiger partial charge in [0.15, 0.2) is 5.82 Å². The van der Waals surface area contributed by atoms with Crippen molar-refractivity contribution >= 4 is 29.4 Å². The van der Waals surface area contributed by atoms with Crippen molar-refractivity contribution in [3.05, 3.63) is 36.0 Å². The molecule has 130 valence electrons. The molecule has 0 saturated heterocycles. The minimum absolute atomic E-state index is 0.0687. The van der Waals surface area contributed by atoms with Gasteiger partial charge >= 0.3 is 0 Å². The lowest BCUT2D eigenvalue weighted by atomic mass is 10.2. The number of thioether (sulfide) groups is 1. The summed E-state index contributed by atoms with van der Waals surface area (Å²) >= 11 is 1.27. The quantitative estimate of drug-likeness (QED) is 0.825. The maximum Gasteiger partial charge on any atom is 0.238 e. The second-order valence-corrected chi connectivity index (χ2v) is 6.79. The SMILES string of the molecule is Cc1cc(NC(=O)C(C)SCC(=O)N(C)C(C)c2ccco2)no1. The first-order chi connectivity index (χ1) is 11.4. The van der Waals surface area contributed by atoms with Crippen LogP contribution in [-0.2, 0) is 9.59 Å². The fraction of sp³-hybridized carbons (Fsp3) is 0.438. The monoisotopic (exact) mass is 351 g/mol. The summed E-state index contributed by atoms with van der Waals surface area (Å²) in [5.74, 6) is 1.63. The number of nitrogens with zero attached hydrogens (tertiary/aromatic N) is 2. The molecule has 0 bridgehead atoms. The fourth-order valence-corrected chi connectivity index (χ4v) is 2.77. The number of aryl methyl sites for hydroxylation is 1. The van der Waals surface area contributed by atoms with Gasteiger partial charge in [-0.3, -0.25) is 9.59 Å². The molecule has 1 N–H and O–H groups in total. The van der Waals surface area contributed by atoms with Gasteiger partial charge in [-0.1, -0.05) is 5.16 Å². The van der Waals surface area contributed by atoms with E-state index in [1.807, 2.05) is 13.0 Å². The summed E-state index contributed by atoms with van der Waals surface area (Å²) < 4.78 is 10.2. The lowest BCUT2D eigenvalue weighted by molar-refractivity contribution is -0.129. The highest BCUT2D eigenvalue weighted by molar-refractivity contribution is 8.01. The standard InChI is InChI=1S/C16H21N3O4S/c1-10-8-14(18-23-10)17-16(21)12(3)24-9-15(20)19(4)11(2)13-6-5-7-22-13/h5-8,11-12H,9H2,1-4H3,(H,17,18,21). The van der Waals surface area contributed by atoms with Gasteiger partial charge in [-0.25, -0.2) is 0 Å². The van der Waals surface area contributed by atoms with Crippen LogP contribution in [-0.4, -0.2) is 39.9 Å². The number of carbonyl (C=O) groups is 2. The molecule has 0 fully saturated rings. The third-order valence-corrected chi connectivity index (χ3v) is 4.76. The van der Waals surface area contributed by atoms with E-state index >= 15 is 0 Å². The summed E-state index contributed by atoms with van der Waals surface area (Å²) in [6, 6.07) is 5.10. The molecule has 2 heterocycles. The first kappa shape index (κ1) is 18.1. The van der Waals surface area contributed by atoms with Crippen LogP contribution >= 0.6 is 11.8 Å². The lowest BCUT2D eigenvalue weighted by Crippen LogP contribution is -2.32. The van der Waals surface area contributed by atoms with Crippen molar-refractivity contribution in [2.75, 3.05) is 18.1 Å². The summed E-state index contributed by atoms with van der Waals surface area (Å²) in [5.41, 5.74) is 0. The minimum atomic E-state index is -0.390. The van der Waals surface area contributed by atoms with E-state index in [0.29, 0.717) is 11.6 Å². The maximum atomic E-state index is 12.3. The number of hydrogen-bond acceptors (Lipinski definition) is 6. The normalized spacial score (nSPS) is 13.3. The zero-order chi connectivity index (χ0) is 17.7. The molecule has 2 amide bonds. The summed E-state index contributed by atoms with van der Waals surface area (Å²) in [6.07, 6.45) is 1.58. The predicted molar refractivity (Wildman–Crippen MR) is 91.7 cm³/mol. The molecule has 0 radical (unpaired) electrons. The van der Waals surface area contributed by atoms with E-state index in [9.17, 15) is 9.59 Å². The number of amides is 2. The van der Waals surface area contributed by atoms with Gasteiger partial charge in [-0.15, -0.1) is 11.8 Å². The average molecular weight is 351 g/mol. The van der Waals surface area contributed by atoms with E-state index < -0.39 is 5.25 Å². The van der Waals surface area contributed by atoms with Gasteiger partial charge in [0.25, 0.3) is 0 Å². The lowest BCUT2D eigenvalue weighted by Gasteiger charge is -2.23. The summed E-state index contributed by atoms with van der Waals surface area (Å²) in [5, 5.41) is 5.98. The third-order valence-electron chi connectivity index (χ3n) is 3.63. The van der Waals surface area contributed by atoms with Crippen LogP contribution in [0.5, 0.6) is 0 Å². The van der Waals surface area contributed by atoms with E-state index in [4.69, 9.17) is 8.94 Å². The Morgan fingerprint density at radius 2 is 2.17 bits per heavy atom. The van der Waals surface area contributed by atoms with E-state index in [1.165, 1.54) is 11.8 Å². The summed E-state index contributed by atoms with van der Waals surface area (Å²) in [6.45, 7) is 5.39. The fourth-order valence-electron chi connectivity index (χ4n) is 1.96.